The van der Waals surface area contributed by atoms with Crippen LogP contribution in [0.2, 0.25) is 5.02 Å². The molecule has 0 aromatic heterocycles. The normalized spacial score (nSPS) is 20.5. The number of hydrogen-bond acceptors (Lipinski definition) is 9. The molecule has 2 amide bonds. The number of non-ortho nitro benzene ring substituents is 1. The van der Waals surface area contributed by atoms with Gasteiger partial charge in [-0.1, -0.05) is 17.7 Å². The van der Waals surface area contributed by atoms with Crippen molar-refractivity contribution in [2.45, 2.75) is 12.1 Å². The zero-order chi connectivity index (χ0) is 27.1. The molecule has 0 N–H and O–H groups in total. The molecule has 3 aromatic carbocycles. The van der Waals surface area contributed by atoms with Crippen molar-refractivity contribution in [3.63, 3.8) is 0 Å². The first-order valence-electron chi connectivity index (χ1n) is 11.4. The first-order chi connectivity index (χ1) is 18.3. The third kappa shape index (κ3) is 3.96. The Labute approximate surface area is 222 Å². The molecule has 2 aliphatic rings. The van der Waals surface area contributed by atoms with Crippen LogP contribution >= 0.6 is 11.6 Å². The molecule has 0 unspecified atom stereocenters. The minimum Gasteiger partial charge on any atom is -0.493 e. The summed E-state index contributed by atoms with van der Waals surface area (Å²) < 4.78 is 16.6. The molecule has 11 nitrogen and oxygen atoms in total. The second-order valence-corrected chi connectivity index (χ2v) is 8.95. The van der Waals surface area contributed by atoms with Crippen LogP contribution in [0.3, 0.4) is 0 Å². The van der Waals surface area contributed by atoms with Crippen molar-refractivity contribution in [2.24, 2.45) is 5.92 Å². The largest absolute Gasteiger partial charge is 0.493 e. The standard InChI is InChI=1S/C26H22ClN3O8/c1-35-19-12-11-18(22(36-2)23(19)37-3)21-20-24(38-29(21)16-5-4-6-17(13-16)30(33)34)26(32)28(25(20)31)15-9-7-14(27)8-10-15/h4-13,20-21,24H,1-3H3/t20-,21+,24+/m0/s1. The summed E-state index contributed by atoms with van der Waals surface area (Å²) in [4.78, 5) is 45.5. The van der Waals surface area contributed by atoms with Crippen LogP contribution in [0.4, 0.5) is 17.1 Å². The van der Waals surface area contributed by atoms with Crippen LogP contribution in [0.5, 0.6) is 17.2 Å². The van der Waals surface area contributed by atoms with E-state index in [1.165, 1.54) is 44.6 Å². The molecule has 2 aliphatic heterocycles. The van der Waals surface area contributed by atoms with Gasteiger partial charge in [0.15, 0.2) is 17.6 Å². The fourth-order valence-corrected chi connectivity index (χ4v) is 5.03. The lowest BCUT2D eigenvalue weighted by Crippen LogP contribution is -2.37. The Morgan fingerprint density at radius 3 is 2.24 bits per heavy atom. The molecule has 2 fully saturated rings. The number of rotatable bonds is 7. The van der Waals surface area contributed by atoms with E-state index in [4.69, 9.17) is 30.6 Å². The number of nitrogens with zero attached hydrogens (tertiary/aromatic N) is 3. The molecule has 2 heterocycles. The van der Waals surface area contributed by atoms with Gasteiger partial charge in [0.05, 0.1) is 37.6 Å². The molecule has 3 aromatic rings. The van der Waals surface area contributed by atoms with Crippen LogP contribution < -0.4 is 24.2 Å². The summed E-state index contributed by atoms with van der Waals surface area (Å²) in [5.41, 5.74) is 0.918. The van der Waals surface area contributed by atoms with Crippen LogP contribution in [0, 0.1) is 16.0 Å². The van der Waals surface area contributed by atoms with E-state index in [0.717, 1.165) is 4.90 Å². The summed E-state index contributed by atoms with van der Waals surface area (Å²) >= 11 is 6.00. The number of amides is 2. The summed E-state index contributed by atoms with van der Waals surface area (Å²) in [6, 6.07) is 14.5. The fourth-order valence-electron chi connectivity index (χ4n) is 4.90. The van der Waals surface area contributed by atoms with Gasteiger partial charge in [0, 0.05) is 22.7 Å². The lowest BCUT2D eigenvalue weighted by molar-refractivity contribution is -0.384. The average molecular weight is 540 g/mol. The predicted octanol–water partition coefficient (Wildman–Crippen LogP) is 4.33. The molecule has 0 spiro atoms. The highest BCUT2D eigenvalue weighted by Crippen LogP contribution is 2.52. The number of nitro groups is 1. The second-order valence-electron chi connectivity index (χ2n) is 8.51. The van der Waals surface area contributed by atoms with Gasteiger partial charge in [-0.05, 0) is 42.5 Å². The quantitative estimate of drug-likeness (QED) is 0.245. The van der Waals surface area contributed by atoms with E-state index >= 15 is 0 Å². The minimum atomic E-state index is -1.19. The highest BCUT2D eigenvalue weighted by molar-refractivity contribution is 6.31. The van der Waals surface area contributed by atoms with Gasteiger partial charge in [-0.25, -0.2) is 9.96 Å². The Hall–Kier alpha value is -4.35. The fraction of sp³-hybridized carbons (Fsp3) is 0.231. The Morgan fingerprint density at radius 1 is 0.895 bits per heavy atom. The molecule has 196 valence electrons. The summed E-state index contributed by atoms with van der Waals surface area (Å²) in [5, 5.41) is 13.3. The maximum Gasteiger partial charge on any atom is 0.271 e. The van der Waals surface area contributed by atoms with E-state index in [1.807, 2.05) is 0 Å². The van der Waals surface area contributed by atoms with Crippen molar-refractivity contribution < 1.29 is 33.6 Å². The van der Waals surface area contributed by atoms with Crippen molar-refractivity contribution in [2.75, 3.05) is 31.3 Å². The average Bonchev–Trinajstić information content (AvgIpc) is 3.43. The summed E-state index contributed by atoms with van der Waals surface area (Å²) in [7, 11) is 4.36. The topological polar surface area (TPSA) is 121 Å². The Balaban J connectivity index is 1.67. The van der Waals surface area contributed by atoms with Crippen LogP contribution in [0.25, 0.3) is 0 Å². The number of methoxy groups -OCH3 is 3. The summed E-state index contributed by atoms with van der Waals surface area (Å²) in [6.45, 7) is 0. The van der Waals surface area contributed by atoms with Gasteiger partial charge >= 0.3 is 0 Å². The number of carbonyl (C=O) groups is 2. The van der Waals surface area contributed by atoms with Crippen molar-refractivity contribution in [1.29, 1.82) is 0 Å². The zero-order valence-corrected chi connectivity index (χ0v) is 21.2. The van der Waals surface area contributed by atoms with Crippen molar-refractivity contribution >= 4 is 40.5 Å². The second kappa shape index (κ2) is 9.84. The molecule has 5 rings (SSSR count). The van der Waals surface area contributed by atoms with Crippen LogP contribution in [-0.2, 0) is 14.4 Å². The first kappa shape index (κ1) is 25.3. The Morgan fingerprint density at radius 2 is 1.61 bits per heavy atom. The van der Waals surface area contributed by atoms with Crippen molar-refractivity contribution in [1.82, 2.24) is 0 Å². The lowest BCUT2D eigenvalue weighted by Gasteiger charge is -2.30. The van der Waals surface area contributed by atoms with E-state index in [9.17, 15) is 19.7 Å². The van der Waals surface area contributed by atoms with E-state index in [1.54, 1.807) is 42.5 Å². The van der Waals surface area contributed by atoms with Gasteiger partial charge in [0.1, 0.15) is 12.0 Å². The number of fused-ring (bicyclic) bond motifs is 1. The molecule has 38 heavy (non-hydrogen) atoms. The molecule has 2 saturated heterocycles. The predicted molar refractivity (Wildman–Crippen MR) is 137 cm³/mol. The van der Waals surface area contributed by atoms with E-state index < -0.39 is 34.8 Å². The maximum absolute atomic E-state index is 13.9. The van der Waals surface area contributed by atoms with Crippen LogP contribution in [-0.4, -0.2) is 44.2 Å². The molecule has 0 bridgehead atoms. The maximum atomic E-state index is 13.9. The van der Waals surface area contributed by atoms with Crippen LogP contribution in [0.1, 0.15) is 11.6 Å². The highest BCUT2D eigenvalue weighted by Gasteiger charge is 2.61. The Bertz CT molecular complexity index is 1430. The zero-order valence-electron chi connectivity index (χ0n) is 20.5. The molecule has 0 radical (unpaired) electrons. The number of anilines is 2. The van der Waals surface area contributed by atoms with Crippen molar-refractivity contribution in [3.8, 4) is 17.2 Å². The van der Waals surface area contributed by atoms with E-state index in [0.29, 0.717) is 22.0 Å². The number of hydroxylamine groups is 1. The van der Waals surface area contributed by atoms with Gasteiger partial charge in [-0.15, -0.1) is 0 Å². The SMILES string of the molecule is COc1ccc([C@@H]2[C@@H]3C(=O)N(c4ccc(Cl)cc4)C(=O)[C@@H]3ON2c2cccc([N+](=O)[O-])c2)c(OC)c1OC. The smallest absolute Gasteiger partial charge is 0.271 e. The number of halogens is 1. The number of carbonyl (C=O) groups excluding carboxylic acids is 2. The molecular formula is C26H22ClN3O8. The van der Waals surface area contributed by atoms with E-state index in [-0.39, 0.29) is 22.9 Å². The molecular weight excluding hydrogens is 518 g/mol. The number of nitro benzene ring substituents is 1. The number of imide groups is 1. The molecule has 3 atom stereocenters. The van der Waals surface area contributed by atoms with Crippen LogP contribution in [0.15, 0.2) is 60.7 Å². The van der Waals surface area contributed by atoms with Gasteiger partial charge in [-0.3, -0.25) is 24.5 Å². The summed E-state index contributed by atoms with van der Waals surface area (Å²) in [5.74, 6) is -1.15. The molecule has 0 aliphatic carbocycles. The number of hydrogen-bond donors (Lipinski definition) is 0. The minimum absolute atomic E-state index is 0.179. The van der Waals surface area contributed by atoms with Gasteiger partial charge in [-0.2, -0.15) is 0 Å². The lowest BCUT2D eigenvalue weighted by atomic mass is 9.89. The van der Waals surface area contributed by atoms with Gasteiger partial charge in [0.2, 0.25) is 11.7 Å². The third-order valence-electron chi connectivity index (χ3n) is 6.55. The molecule has 12 heteroatoms. The number of ether oxygens (including phenoxy) is 3. The third-order valence-corrected chi connectivity index (χ3v) is 6.80. The Kier molecular flexibility index (Phi) is 6.55. The van der Waals surface area contributed by atoms with Gasteiger partial charge < -0.3 is 14.2 Å². The number of benzene rings is 3. The first-order valence-corrected chi connectivity index (χ1v) is 11.8. The molecule has 0 saturated carbocycles. The van der Waals surface area contributed by atoms with Crippen molar-refractivity contribution in [3.05, 3.63) is 81.4 Å². The monoisotopic (exact) mass is 539 g/mol. The van der Waals surface area contributed by atoms with Gasteiger partial charge in [0.25, 0.3) is 11.6 Å². The highest BCUT2D eigenvalue weighted by atomic mass is 35.5. The summed E-state index contributed by atoms with van der Waals surface area (Å²) in [6.07, 6.45) is -1.19. The van der Waals surface area contributed by atoms with E-state index in [2.05, 4.69) is 0 Å².